The van der Waals surface area contributed by atoms with E-state index in [2.05, 4.69) is 25.6 Å². The molecular weight excluding hydrogens is 440 g/mol. The number of nitrogens with one attached hydrogen (secondary N) is 3. The van der Waals surface area contributed by atoms with Gasteiger partial charge >= 0.3 is 0 Å². The van der Waals surface area contributed by atoms with Crippen LogP contribution in [0.5, 0.6) is 0 Å². The van der Waals surface area contributed by atoms with Gasteiger partial charge in [0, 0.05) is 35.5 Å². The van der Waals surface area contributed by atoms with Gasteiger partial charge < -0.3 is 15.6 Å². The van der Waals surface area contributed by atoms with E-state index >= 15 is 0 Å². The van der Waals surface area contributed by atoms with Crippen molar-refractivity contribution in [3.8, 4) is 0 Å². The normalized spacial score (nSPS) is 14.9. The molecule has 0 radical (unpaired) electrons. The molecular formula is C24H23ClN6O2. The van der Waals surface area contributed by atoms with Crippen LogP contribution in [0, 0.1) is 0 Å². The molecule has 168 valence electrons. The lowest BCUT2D eigenvalue weighted by atomic mass is 10.1. The Labute approximate surface area is 195 Å². The number of benzene rings is 1. The maximum atomic E-state index is 13.1. The number of aromatic amines is 1. The molecule has 1 aliphatic heterocycles. The van der Waals surface area contributed by atoms with Crippen LogP contribution in [0.25, 0.3) is 10.9 Å². The maximum Gasteiger partial charge on any atom is 0.294 e. The number of carbonyl (C=O) groups is 1. The highest BCUT2D eigenvalue weighted by atomic mass is 35.5. The zero-order valence-corrected chi connectivity index (χ0v) is 18.6. The van der Waals surface area contributed by atoms with Gasteiger partial charge in [0.05, 0.1) is 12.2 Å². The number of fused-ring (bicyclic) bond motifs is 2. The molecule has 3 N–H and O–H groups in total. The number of rotatable bonds is 7. The number of hydrogen-bond donors (Lipinski definition) is 3. The van der Waals surface area contributed by atoms with Crippen LogP contribution >= 0.6 is 11.6 Å². The molecule has 5 rings (SSSR count). The second kappa shape index (κ2) is 9.07. The molecule has 0 unspecified atom stereocenters. The van der Waals surface area contributed by atoms with Crippen molar-refractivity contribution in [2.45, 2.75) is 31.8 Å². The van der Waals surface area contributed by atoms with Gasteiger partial charge in [-0.25, -0.2) is 4.98 Å². The zero-order chi connectivity index (χ0) is 22.8. The predicted molar refractivity (Wildman–Crippen MR) is 127 cm³/mol. The fraction of sp³-hybridized carbons (Fsp3) is 0.250. The third kappa shape index (κ3) is 4.34. The SMILES string of the molecule is O=C(NCc1cc2cnccc2[nH]1)[C@@H]1CCc2c(Cl)nc(NCCc3ccccc3)c(=O)n21. The Morgan fingerprint density at radius 1 is 1.24 bits per heavy atom. The number of halogens is 1. The molecule has 0 saturated carbocycles. The largest absolute Gasteiger partial charge is 0.365 e. The topological polar surface area (TPSA) is 105 Å². The van der Waals surface area contributed by atoms with Crippen molar-refractivity contribution >= 4 is 34.2 Å². The molecule has 4 heterocycles. The minimum atomic E-state index is -0.617. The second-order valence-electron chi connectivity index (χ2n) is 8.07. The summed E-state index contributed by atoms with van der Waals surface area (Å²) in [6.07, 6.45) is 5.26. The number of hydrogen-bond acceptors (Lipinski definition) is 5. The minimum absolute atomic E-state index is 0.169. The summed E-state index contributed by atoms with van der Waals surface area (Å²) in [7, 11) is 0. The van der Waals surface area contributed by atoms with E-state index in [-0.39, 0.29) is 22.4 Å². The van der Waals surface area contributed by atoms with Gasteiger partial charge in [-0.3, -0.25) is 19.1 Å². The molecule has 3 aromatic heterocycles. The Balaban J connectivity index is 1.29. The van der Waals surface area contributed by atoms with Crippen molar-refractivity contribution in [2.24, 2.45) is 0 Å². The lowest BCUT2D eigenvalue weighted by molar-refractivity contribution is -0.124. The van der Waals surface area contributed by atoms with E-state index in [0.717, 1.165) is 28.6 Å². The molecule has 0 aliphatic carbocycles. The minimum Gasteiger partial charge on any atom is -0.365 e. The van der Waals surface area contributed by atoms with Crippen LogP contribution < -0.4 is 16.2 Å². The second-order valence-corrected chi connectivity index (χ2v) is 8.42. The van der Waals surface area contributed by atoms with Gasteiger partial charge in [0.2, 0.25) is 5.91 Å². The summed E-state index contributed by atoms with van der Waals surface area (Å²) in [6.45, 7) is 0.864. The van der Waals surface area contributed by atoms with Crippen molar-refractivity contribution in [1.29, 1.82) is 0 Å². The van der Waals surface area contributed by atoms with Crippen molar-refractivity contribution in [3.05, 3.63) is 87.3 Å². The van der Waals surface area contributed by atoms with Crippen molar-refractivity contribution in [2.75, 3.05) is 11.9 Å². The Bertz CT molecular complexity index is 1330. The van der Waals surface area contributed by atoms with Crippen molar-refractivity contribution < 1.29 is 4.79 Å². The number of amides is 1. The van der Waals surface area contributed by atoms with Crippen LogP contribution in [0.2, 0.25) is 5.15 Å². The molecule has 0 fully saturated rings. The standard InChI is InChI=1S/C24H23ClN6O2/c25-21-19-6-7-20(23(32)28-14-17-12-16-13-26-10-9-18(16)29-17)31(19)24(33)22(30-21)27-11-8-15-4-2-1-3-5-15/h1-5,9-10,12-13,20,29H,6-8,11,14H2,(H,27,30)(H,28,32)/t20-/m0/s1. The predicted octanol–water partition coefficient (Wildman–Crippen LogP) is 3.23. The lowest BCUT2D eigenvalue weighted by Crippen LogP contribution is -2.36. The fourth-order valence-electron chi connectivity index (χ4n) is 4.26. The molecule has 1 amide bonds. The smallest absolute Gasteiger partial charge is 0.294 e. The van der Waals surface area contributed by atoms with E-state index in [1.807, 2.05) is 42.5 Å². The van der Waals surface area contributed by atoms with Gasteiger partial charge in [0.1, 0.15) is 6.04 Å². The third-order valence-electron chi connectivity index (χ3n) is 5.91. The summed E-state index contributed by atoms with van der Waals surface area (Å²) in [4.78, 5) is 37.8. The van der Waals surface area contributed by atoms with E-state index in [9.17, 15) is 9.59 Å². The van der Waals surface area contributed by atoms with Gasteiger partial charge in [-0.1, -0.05) is 41.9 Å². The Hall–Kier alpha value is -3.65. The average molecular weight is 463 g/mol. The monoisotopic (exact) mass is 462 g/mol. The molecule has 0 saturated heterocycles. The molecule has 1 aromatic carbocycles. The first-order valence-corrected chi connectivity index (χ1v) is 11.3. The molecule has 8 nitrogen and oxygen atoms in total. The van der Waals surface area contributed by atoms with E-state index in [1.54, 1.807) is 12.4 Å². The average Bonchev–Trinajstić information content (AvgIpc) is 3.46. The number of pyridine rings is 1. The van der Waals surface area contributed by atoms with Crippen LogP contribution in [0.3, 0.4) is 0 Å². The highest BCUT2D eigenvalue weighted by Crippen LogP contribution is 2.29. The first kappa shape index (κ1) is 21.2. The number of carbonyl (C=O) groups excluding carboxylic acids is 1. The molecule has 9 heteroatoms. The maximum absolute atomic E-state index is 13.1. The Kier molecular flexibility index (Phi) is 5.83. The van der Waals surface area contributed by atoms with Crippen LogP contribution in [-0.2, 0) is 24.2 Å². The van der Waals surface area contributed by atoms with Crippen LogP contribution in [0.15, 0.2) is 59.7 Å². The summed E-state index contributed by atoms with van der Waals surface area (Å²) in [5, 5.41) is 7.27. The van der Waals surface area contributed by atoms with E-state index in [1.165, 1.54) is 4.57 Å². The molecule has 1 aliphatic rings. The van der Waals surface area contributed by atoms with Gasteiger partial charge in [0.15, 0.2) is 11.0 Å². The van der Waals surface area contributed by atoms with Gasteiger partial charge in [-0.05, 0) is 37.0 Å². The first-order chi connectivity index (χ1) is 16.1. The van der Waals surface area contributed by atoms with Crippen molar-refractivity contribution in [1.82, 2.24) is 24.8 Å². The number of nitrogens with zero attached hydrogens (tertiary/aromatic N) is 3. The summed E-state index contributed by atoms with van der Waals surface area (Å²) in [6, 6.07) is 13.2. The summed E-state index contributed by atoms with van der Waals surface area (Å²) in [5.74, 6) is -0.0485. The molecule has 0 bridgehead atoms. The summed E-state index contributed by atoms with van der Waals surface area (Å²) >= 11 is 6.38. The third-order valence-corrected chi connectivity index (χ3v) is 6.21. The fourth-order valence-corrected chi connectivity index (χ4v) is 4.53. The summed E-state index contributed by atoms with van der Waals surface area (Å²) in [5.41, 5.74) is 3.26. The van der Waals surface area contributed by atoms with Crippen molar-refractivity contribution in [3.63, 3.8) is 0 Å². The first-order valence-electron chi connectivity index (χ1n) is 10.9. The molecule has 0 spiro atoms. The number of H-pyrrole nitrogens is 1. The van der Waals surface area contributed by atoms with Gasteiger partial charge in [0.25, 0.3) is 5.56 Å². The van der Waals surface area contributed by atoms with E-state index in [4.69, 9.17) is 11.6 Å². The van der Waals surface area contributed by atoms with Gasteiger partial charge in [-0.2, -0.15) is 0 Å². The van der Waals surface area contributed by atoms with Gasteiger partial charge in [-0.15, -0.1) is 0 Å². The molecule has 4 aromatic rings. The zero-order valence-electron chi connectivity index (χ0n) is 17.8. The Morgan fingerprint density at radius 2 is 2.09 bits per heavy atom. The number of anilines is 1. The Morgan fingerprint density at radius 3 is 2.91 bits per heavy atom. The number of aromatic nitrogens is 4. The lowest BCUT2D eigenvalue weighted by Gasteiger charge is -2.16. The summed E-state index contributed by atoms with van der Waals surface area (Å²) < 4.78 is 1.49. The molecule has 33 heavy (non-hydrogen) atoms. The molecule has 1 atom stereocenters. The van der Waals surface area contributed by atoms with E-state index in [0.29, 0.717) is 31.6 Å². The van der Waals surface area contributed by atoms with Crippen LogP contribution in [0.1, 0.15) is 29.4 Å². The van der Waals surface area contributed by atoms with E-state index < -0.39 is 6.04 Å². The quantitative estimate of drug-likeness (QED) is 0.391. The highest BCUT2D eigenvalue weighted by molar-refractivity contribution is 6.30. The van der Waals surface area contributed by atoms with Crippen LogP contribution in [0.4, 0.5) is 5.82 Å². The highest BCUT2D eigenvalue weighted by Gasteiger charge is 2.32. The van der Waals surface area contributed by atoms with Crippen LogP contribution in [-0.4, -0.2) is 32.0 Å².